The van der Waals surface area contributed by atoms with E-state index in [0.29, 0.717) is 22.0 Å². The summed E-state index contributed by atoms with van der Waals surface area (Å²) >= 11 is 12.3. The monoisotopic (exact) mass is 527 g/mol. The fraction of sp³-hybridized carbons (Fsp3) is 0.417. The SMILES string of the molecule is CCC(C(=O)NC(C)C)N(Cc1ccc(Cl)cc1Cl)C(=O)CN(C)S(=O)(=O)c1ccc(C)cc1. The van der Waals surface area contributed by atoms with Gasteiger partial charge >= 0.3 is 0 Å². The maximum Gasteiger partial charge on any atom is 0.243 e. The van der Waals surface area contributed by atoms with E-state index in [2.05, 4.69) is 5.32 Å². The molecular formula is C24H31Cl2N3O4S. The number of aryl methyl sites for hydroxylation is 1. The number of hydrogen-bond donors (Lipinski definition) is 1. The van der Waals surface area contributed by atoms with Crippen molar-refractivity contribution in [2.24, 2.45) is 0 Å². The second-order valence-corrected chi connectivity index (χ2v) is 11.3. The lowest BCUT2D eigenvalue weighted by Gasteiger charge is -2.32. The van der Waals surface area contributed by atoms with Crippen LogP contribution in [0, 0.1) is 6.92 Å². The third kappa shape index (κ3) is 7.18. The topological polar surface area (TPSA) is 86.8 Å². The second-order valence-electron chi connectivity index (χ2n) is 8.42. The highest BCUT2D eigenvalue weighted by molar-refractivity contribution is 7.89. The summed E-state index contributed by atoms with van der Waals surface area (Å²) in [6.45, 7) is 6.89. The second kappa shape index (κ2) is 12.0. The minimum atomic E-state index is -3.90. The van der Waals surface area contributed by atoms with Crippen LogP contribution in [0.1, 0.15) is 38.3 Å². The molecule has 0 aliphatic heterocycles. The van der Waals surface area contributed by atoms with E-state index >= 15 is 0 Å². The fourth-order valence-electron chi connectivity index (χ4n) is 3.39. The Morgan fingerprint density at radius 2 is 1.68 bits per heavy atom. The van der Waals surface area contributed by atoms with Crippen molar-refractivity contribution < 1.29 is 18.0 Å². The molecule has 186 valence electrons. The zero-order chi connectivity index (χ0) is 25.6. The van der Waals surface area contributed by atoms with Gasteiger partial charge in [-0.25, -0.2) is 8.42 Å². The van der Waals surface area contributed by atoms with Crippen molar-refractivity contribution in [2.45, 2.75) is 57.6 Å². The summed E-state index contributed by atoms with van der Waals surface area (Å²) in [7, 11) is -2.56. The van der Waals surface area contributed by atoms with Gasteiger partial charge in [0, 0.05) is 29.7 Å². The quantitative estimate of drug-likeness (QED) is 0.500. The van der Waals surface area contributed by atoms with E-state index in [9.17, 15) is 18.0 Å². The molecule has 10 heteroatoms. The number of halogens is 2. The van der Waals surface area contributed by atoms with Gasteiger partial charge in [0.25, 0.3) is 0 Å². The first-order valence-electron chi connectivity index (χ1n) is 10.9. The Bertz CT molecular complexity index is 1120. The number of sulfonamides is 1. The number of carbonyl (C=O) groups is 2. The van der Waals surface area contributed by atoms with E-state index in [1.54, 1.807) is 37.3 Å². The number of nitrogens with zero attached hydrogens (tertiary/aromatic N) is 2. The maximum absolute atomic E-state index is 13.4. The Labute approximate surface area is 212 Å². The first kappa shape index (κ1) is 28.1. The number of carbonyl (C=O) groups excluding carboxylic acids is 2. The minimum Gasteiger partial charge on any atom is -0.352 e. The van der Waals surface area contributed by atoms with Crippen LogP contribution >= 0.6 is 23.2 Å². The van der Waals surface area contributed by atoms with E-state index in [1.165, 1.54) is 24.1 Å². The molecule has 0 aliphatic rings. The Kier molecular flexibility index (Phi) is 9.94. The van der Waals surface area contributed by atoms with Crippen LogP contribution in [-0.2, 0) is 26.2 Å². The van der Waals surface area contributed by atoms with Gasteiger partial charge in [-0.3, -0.25) is 9.59 Å². The van der Waals surface area contributed by atoms with E-state index in [1.807, 2.05) is 20.8 Å². The Morgan fingerprint density at radius 3 is 2.21 bits per heavy atom. The van der Waals surface area contributed by atoms with Gasteiger partial charge < -0.3 is 10.2 Å². The molecule has 7 nitrogen and oxygen atoms in total. The van der Waals surface area contributed by atoms with Crippen molar-refractivity contribution in [1.82, 2.24) is 14.5 Å². The van der Waals surface area contributed by atoms with Crippen molar-refractivity contribution in [1.29, 1.82) is 0 Å². The molecule has 1 atom stereocenters. The Balaban J connectivity index is 2.36. The third-order valence-electron chi connectivity index (χ3n) is 5.26. The van der Waals surface area contributed by atoms with Gasteiger partial charge in [0.2, 0.25) is 21.8 Å². The standard InChI is InChI=1S/C24H31Cl2N3O4S/c1-6-22(24(31)27-16(2)3)29(14-18-9-10-19(25)13-21(18)26)23(30)15-28(5)34(32,33)20-11-7-17(4)8-12-20/h7-13,16,22H,6,14-15H2,1-5H3,(H,27,31). The van der Waals surface area contributed by atoms with Crippen LogP contribution in [0.4, 0.5) is 0 Å². The summed E-state index contributed by atoms with van der Waals surface area (Å²) in [5, 5.41) is 3.63. The molecule has 0 bridgehead atoms. The normalized spacial score (nSPS) is 12.6. The summed E-state index contributed by atoms with van der Waals surface area (Å²) < 4.78 is 27.0. The average molecular weight is 529 g/mol. The molecule has 2 aromatic carbocycles. The predicted octanol–water partition coefficient (Wildman–Crippen LogP) is 4.25. The van der Waals surface area contributed by atoms with Crippen LogP contribution in [0.2, 0.25) is 10.0 Å². The van der Waals surface area contributed by atoms with Crippen molar-refractivity contribution in [3.63, 3.8) is 0 Å². The first-order chi connectivity index (χ1) is 15.9. The van der Waals surface area contributed by atoms with E-state index in [0.717, 1.165) is 9.87 Å². The Hall–Kier alpha value is -2.13. The van der Waals surface area contributed by atoms with Gasteiger partial charge in [0.15, 0.2) is 0 Å². The lowest BCUT2D eigenvalue weighted by Crippen LogP contribution is -2.52. The zero-order valence-electron chi connectivity index (χ0n) is 20.0. The molecule has 2 rings (SSSR count). The number of rotatable bonds is 10. The van der Waals surface area contributed by atoms with Crippen LogP contribution in [-0.4, -0.2) is 55.1 Å². The van der Waals surface area contributed by atoms with E-state index in [-0.39, 0.29) is 23.4 Å². The minimum absolute atomic E-state index is 0.0251. The lowest BCUT2D eigenvalue weighted by molar-refractivity contribution is -0.141. The first-order valence-corrected chi connectivity index (χ1v) is 13.1. The molecular weight excluding hydrogens is 497 g/mol. The molecule has 1 N–H and O–H groups in total. The van der Waals surface area contributed by atoms with Gasteiger partial charge in [-0.2, -0.15) is 4.31 Å². The largest absolute Gasteiger partial charge is 0.352 e. The number of amides is 2. The number of nitrogens with one attached hydrogen (secondary N) is 1. The summed E-state index contributed by atoms with van der Waals surface area (Å²) in [5.41, 5.74) is 1.52. The highest BCUT2D eigenvalue weighted by atomic mass is 35.5. The molecule has 34 heavy (non-hydrogen) atoms. The highest BCUT2D eigenvalue weighted by Crippen LogP contribution is 2.24. The molecule has 1 unspecified atom stereocenters. The van der Waals surface area contributed by atoms with Crippen LogP contribution in [0.25, 0.3) is 0 Å². The van der Waals surface area contributed by atoms with Crippen molar-refractivity contribution in [2.75, 3.05) is 13.6 Å². The number of likely N-dealkylation sites (N-methyl/N-ethyl adjacent to an activating group) is 1. The number of benzene rings is 2. The molecule has 0 heterocycles. The van der Waals surface area contributed by atoms with Crippen LogP contribution in [0.15, 0.2) is 47.4 Å². The summed E-state index contributed by atoms with van der Waals surface area (Å²) in [5.74, 6) is -0.838. The third-order valence-corrected chi connectivity index (χ3v) is 7.66. The van der Waals surface area contributed by atoms with Gasteiger partial charge in [0.1, 0.15) is 6.04 Å². The van der Waals surface area contributed by atoms with Crippen LogP contribution < -0.4 is 5.32 Å². The number of hydrogen-bond acceptors (Lipinski definition) is 4. The van der Waals surface area contributed by atoms with E-state index in [4.69, 9.17) is 23.2 Å². The molecule has 0 aromatic heterocycles. The van der Waals surface area contributed by atoms with Crippen molar-refractivity contribution >= 4 is 45.0 Å². The fourth-order valence-corrected chi connectivity index (χ4v) is 4.98. The summed E-state index contributed by atoms with van der Waals surface area (Å²) in [6.07, 6.45) is 0.337. The van der Waals surface area contributed by atoms with Crippen LogP contribution in [0.5, 0.6) is 0 Å². The lowest BCUT2D eigenvalue weighted by atomic mass is 10.1. The molecule has 2 aromatic rings. The van der Waals surface area contributed by atoms with Gasteiger partial charge in [-0.15, -0.1) is 0 Å². The summed E-state index contributed by atoms with van der Waals surface area (Å²) in [4.78, 5) is 27.8. The molecule has 2 amide bonds. The molecule has 0 spiro atoms. The summed E-state index contributed by atoms with van der Waals surface area (Å²) in [6, 6.07) is 10.4. The average Bonchev–Trinajstić information content (AvgIpc) is 2.74. The smallest absolute Gasteiger partial charge is 0.243 e. The molecule has 0 aliphatic carbocycles. The van der Waals surface area contributed by atoms with Gasteiger partial charge in [0.05, 0.1) is 11.4 Å². The molecule has 0 saturated heterocycles. The predicted molar refractivity (Wildman–Crippen MR) is 135 cm³/mol. The van der Waals surface area contributed by atoms with E-state index < -0.39 is 28.5 Å². The van der Waals surface area contributed by atoms with Crippen LogP contribution in [0.3, 0.4) is 0 Å². The van der Waals surface area contributed by atoms with Gasteiger partial charge in [-0.1, -0.05) is 53.9 Å². The maximum atomic E-state index is 13.4. The van der Waals surface area contributed by atoms with Gasteiger partial charge in [-0.05, 0) is 57.0 Å². The zero-order valence-corrected chi connectivity index (χ0v) is 22.3. The molecule has 0 radical (unpaired) electrons. The Morgan fingerprint density at radius 1 is 1.06 bits per heavy atom. The molecule has 0 saturated carbocycles. The molecule has 0 fully saturated rings. The van der Waals surface area contributed by atoms with Crippen molar-refractivity contribution in [3.8, 4) is 0 Å². The highest BCUT2D eigenvalue weighted by Gasteiger charge is 2.32. The van der Waals surface area contributed by atoms with Crippen molar-refractivity contribution in [3.05, 3.63) is 63.6 Å².